The molecule has 0 aliphatic carbocycles. The molecule has 0 aliphatic heterocycles. The monoisotopic (exact) mass is 163 g/mol. The molecule has 0 unspecified atom stereocenters. The molecule has 52 valence electrons. The third-order valence-corrected chi connectivity index (χ3v) is 0.947. The van der Waals surface area contributed by atoms with Gasteiger partial charge in [-0.25, -0.2) is 5.14 Å². The van der Waals surface area contributed by atoms with E-state index >= 15 is 0 Å². The van der Waals surface area contributed by atoms with Crippen molar-refractivity contribution in [1.82, 2.24) is 0 Å². The second-order valence-electron chi connectivity index (χ2n) is 1.31. The van der Waals surface area contributed by atoms with Crippen LogP contribution in [0.3, 0.4) is 0 Å². The molecule has 0 aromatic rings. The number of hydrogen-bond acceptors (Lipinski definition) is 3. The summed E-state index contributed by atoms with van der Waals surface area (Å²) >= 11 is 0. The Hall–Kier alpha value is 0.870. The minimum atomic E-state index is -3.69. The number of hydrogen-bond donors (Lipinski definition) is 1. The fourth-order valence-corrected chi connectivity index (χ4v) is 0.598. The fraction of sp³-hybridized carbons (Fsp3) is 1.00. The topological polar surface area (TPSA) is 69.4 Å². The van der Waals surface area contributed by atoms with E-state index in [1.54, 1.807) is 6.92 Å². The van der Waals surface area contributed by atoms with E-state index in [0.29, 0.717) is 6.42 Å². The zero-order valence-electron chi connectivity index (χ0n) is 4.62. The molecule has 0 bridgehead atoms. The van der Waals surface area contributed by atoms with Crippen LogP contribution in [0.5, 0.6) is 0 Å². The molecule has 0 fully saturated rings. The Kier molecular flexibility index (Phi) is 7.86. The number of rotatable bonds is 3. The molecule has 9 heavy (non-hydrogen) atoms. The zero-order chi connectivity index (χ0) is 6.62. The van der Waals surface area contributed by atoms with Crippen molar-refractivity contribution in [2.45, 2.75) is 13.3 Å². The van der Waals surface area contributed by atoms with Crippen molar-refractivity contribution in [3.8, 4) is 0 Å². The summed E-state index contributed by atoms with van der Waals surface area (Å²) in [6.45, 7) is 1.96. The predicted octanol–water partition coefficient (Wildman–Crippen LogP) is -1.03. The average Bonchev–Trinajstić information content (AvgIpc) is 1.59. The molecule has 2 N–H and O–H groups in total. The Morgan fingerprint density at radius 3 is 2.11 bits per heavy atom. The molecule has 0 rings (SSSR count). The van der Waals surface area contributed by atoms with Crippen LogP contribution in [0.4, 0.5) is 0 Å². The Balaban J connectivity index is 0. The van der Waals surface area contributed by atoms with Gasteiger partial charge in [-0.3, -0.25) is 4.18 Å². The standard InChI is InChI=1S/C3H9NO3S.Na.H/c1-2-3-7-8(4,5)6;;/h2-3H2,1H3,(H2,4,5,6);;. The van der Waals surface area contributed by atoms with E-state index in [0.717, 1.165) is 0 Å². The van der Waals surface area contributed by atoms with Crippen LogP contribution in [0.25, 0.3) is 0 Å². The van der Waals surface area contributed by atoms with Crippen molar-refractivity contribution in [2.24, 2.45) is 5.14 Å². The van der Waals surface area contributed by atoms with Gasteiger partial charge in [-0.05, 0) is 6.42 Å². The maximum atomic E-state index is 9.95. The molecule has 0 amide bonds. The summed E-state index contributed by atoms with van der Waals surface area (Å²) in [6, 6.07) is 0. The van der Waals surface area contributed by atoms with Gasteiger partial charge >= 0.3 is 39.9 Å². The van der Waals surface area contributed by atoms with Gasteiger partial charge in [0.1, 0.15) is 0 Å². The molecule has 0 aliphatic rings. The molecule has 6 heteroatoms. The van der Waals surface area contributed by atoms with Gasteiger partial charge in [0.25, 0.3) is 0 Å². The van der Waals surface area contributed by atoms with Crippen molar-refractivity contribution in [2.75, 3.05) is 6.61 Å². The summed E-state index contributed by atoms with van der Waals surface area (Å²) in [4.78, 5) is 0. The summed E-state index contributed by atoms with van der Waals surface area (Å²) in [5.41, 5.74) is 0. The van der Waals surface area contributed by atoms with E-state index in [4.69, 9.17) is 0 Å². The molecule has 0 saturated carbocycles. The van der Waals surface area contributed by atoms with Crippen LogP contribution in [-0.4, -0.2) is 44.6 Å². The first-order chi connectivity index (χ1) is 3.56. The third kappa shape index (κ3) is 12.1. The Morgan fingerprint density at radius 1 is 1.56 bits per heavy atom. The quantitative estimate of drug-likeness (QED) is 0.541. The van der Waals surface area contributed by atoms with E-state index in [1.165, 1.54) is 0 Å². The maximum absolute atomic E-state index is 9.95. The van der Waals surface area contributed by atoms with Gasteiger partial charge in [-0.2, -0.15) is 8.42 Å². The molecule has 0 aromatic carbocycles. The molecule has 0 atom stereocenters. The van der Waals surface area contributed by atoms with Crippen LogP contribution in [0.15, 0.2) is 0 Å². The van der Waals surface area contributed by atoms with Gasteiger partial charge < -0.3 is 0 Å². The van der Waals surface area contributed by atoms with Crippen molar-refractivity contribution in [1.29, 1.82) is 0 Å². The first-order valence-corrected chi connectivity index (χ1v) is 3.70. The van der Waals surface area contributed by atoms with Gasteiger partial charge in [-0.1, -0.05) is 6.92 Å². The van der Waals surface area contributed by atoms with E-state index in [2.05, 4.69) is 9.32 Å². The molecule has 0 radical (unpaired) electrons. The van der Waals surface area contributed by atoms with Crippen LogP contribution < -0.4 is 5.14 Å². The third-order valence-electron chi connectivity index (χ3n) is 0.452. The molecule has 0 heterocycles. The molecule has 0 spiro atoms. The SMILES string of the molecule is CCCOS(N)(=O)=O.[NaH]. The van der Waals surface area contributed by atoms with Crippen molar-refractivity contribution < 1.29 is 12.6 Å². The Morgan fingerprint density at radius 2 is 2.00 bits per heavy atom. The molecule has 0 saturated heterocycles. The molecule has 0 aromatic heterocycles. The summed E-state index contributed by atoms with van der Waals surface area (Å²) < 4.78 is 24.0. The van der Waals surface area contributed by atoms with Gasteiger partial charge in [0.2, 0.25) is 0 Å². The Bertz CT molecular complexity index is 143. The number of nitrogens with two attached hydrogens (primary N) is 1. The predicted molar refractivity (Wildman–Crippen MR) is 36.5 cm³/mol. The van der Waals surface area contributed by atoms with Crippen LogP contribution in [-0.2, 0) is 14.5 Å². The van der Waals surface area contributed by atoms with E-state index in [9.17, 15) is 8.42 Å². The summed E-state index contributed by atoms with van der Waals surface area (Å²) in [5, 5.41) is 4.47. The van der Waals surface area contributed by atoms with Crippen molar-refractivity contribution in [3.63, 3.8) is 0 Å². The summed E-state index contributed by atoms with van der Waals surface area (Å²) in [7, 11) is -3.69. The van der Waals surface area contributed by atoms with Crippen LogP contribution in [0.2, 0.25) is 0 Å². The van der Waals surface area contributed by atoms with E-state index in [-0.39, 0.29) is 36.2 Å². The summed E-state index contributed by atoms with van der Waals surface area (Å²) in [6.07, 6.45) is 0.649. The van der Waals surface area contributed by atoms with Gasteiger partial charge in [-0.15, -0.1) is 0 Å². The van der Waals surface area contributed by atoms with Gasteiger partial charge in [0, 0.05) is 0 Å². The van der Waals surface area contributed by atoms with Gasteiger partial charge in [0.15, 0.2) is 0 Å². The minimum absolute atomic E-state index is 0. The fourth-order valence-electron chi connectivity index (χ4n) is 0.199. The second-order valence-corrected chi connectivity index (χ2v) is 2.54. The average molecular weight is 163 g/mol. The van der Waals surface area contributed by atoms with Crippen molar-refractivity contribution in [3.05, 3.63) is 0 Å². The van der Waals surface area contributed by atoms with E-state index in [1.807, 2.05) is 0 Å². The normalized spacial score (nSPS) is 10.4. The van der Waals surface area contributed by atoms with Crippen LogP contribution >= 0.6 is 0 Å². The van der Waals surface area contributed by atoms with Gasteiger partial charge in [0.05, 0.1) is 6.61 Å². The van der Waals surface area contributed by atoms with Crippen LogP contribution in [0, 0.1) is 0 Å². The second kappa shape index (κ2) is 5.64. The molecular weight excluding hydrogens is 153 g/mol. The zero-order valence-corrected chi connectivity index (χ0v) is 5.44. The summed E-state index contributed by atoms with van der Waals surface area (Å²) in [5.74, 6) is 0. The van der Waals surface area contributed by atoms with E-state index < -0.39 is 10.3 Å². The Labute approximate surface area is 77.3 Å². The van der Waals surface area contributed by atoms with Crippen molar-refractivity contribution >= 4 is 39.9 Å². The molecule has 4 nitrogen and oxygen atoms in total. The first kappa shape index (κ1) is 12.5. The molecular formula is C3H10NNaO3S. The first-order valence-electron chi connectivity index (χ1n) is 2.23. The van der Waals surface area contributed by atoms with Crippen LogP contribution in [0.1, 0.15) is 13.3 Å².